The third-order valence-electron chi connectivity index (χ3n) is 5.38. The van der Waals surface area contributed by atoms with Gasteiger partial charge in [0, 0.05) is 10.4 Å². The molecule has 4 aromatic rings. The Kier molecular flexibility index (Phi) is 5.12. The maximum absolute atomic E-state index is 5.94. The van der Waals surface area contributed by atoms with Gasteiger partial charge in [0.25, 0.3) is 0 Å². The molecule has 0 bridgehead atoms. The maximum atomic E-state index is 5.94. The van der Waals surface area contributed by atoms with Crippen molar-refractivity contribution in [2.24, 2.45) is 0 Å². The minimum absolute atomic E-state index is 0.431. The number of ether oxygens (including phenoxy) is 2. The molecule has 3 heterocycles. The van der Waals surface area contributed by atoms with Crippen LogP contribution in [0.5, 0.6) is 11.5 Å². The number of hydrogen-bond acceptors (Lipinski definition) is 6. The first-order chi connectivity index (χ1) is 14.8. The molecule has 30 heavy (non-hydrogen) atoms. The highest BCUT2D eigenvalue weighted by Gasteiger charge is 2.21. The minimum atomic E-state index is 0.431. The molecule has 0 spiro atoms. The van der Waals surface area contributed by atoms with Gasteiger partial charge in [-0.05, 0) is 55.9 Å². The Morgan fingerprint density at radius 2 is 2.07 bits per heavy atom. The zero-order valence-electron chi connectivity index (χ0n) is 17.1. The van der Waals surface area contributed by atoms with Crippen molar-refractivity contribution in [1.29, 1.82) is 0 Å². The van der Waals surface area contributed by atoms with Gasteiger partial charge in [-0.15, -0.1) is 21.5 Å². The van der Waals surface area contributed by atoms with Crippen molar-refractivity contribution in [3.63, 3.8) is 0 Å². The van der Waals surface area contributed by atoms with Gasteiger partial charge in [-0.25, -0.2) is 4.98 Å². The fourth-order valence-corrected chi connectivity index (χ4v) is 5.21. The molecule has 0 atom stereocenters. The molecule has 0 unspecified atom stereocenters. The van der Waals surface area contributed by atoms with E-state index < -0.39 is 0 Å². The molecule has 3 aromatic heterocycles. The number of fused-ring (bicyclic) bond motifs is 5. The molecule has 0 radical (unpaired) electrons. The molecule has 1 aliphatic carbocycles. The molecular formula is C23H24N4O2S. The van der Waals surface area contributed by atoms with Crippen molar-refractivity contribution in [2.45, 2.75) is 39.0 Å². The van der Waals surface area contributed by atoms with E-state index in [2.05, 4.69) is 23.7 Å². The topological polar surface area (TPSA) is 61.5 Å². The zero-order valence-corrected chi connectivity index (χ0v) is 17.9. The minimum Gasteiger partial charge on any atom is -0.490 e. The molecule has 6 nitrogen and oxygen atoms in total. The van der Waals surface area contributed by atoms with E-state index in [1.54, 1.807) is 17.4 Å². The SMILES string of the molecule is C=CCOc1ccc(-c2nnc3c4c5c(sc4ncn23)CCCC5)cc1OCCC. The number of nitrogens with zero attached hydrogens (tertiary/aromatic N) is 4. The van der Waals surface area contributed by atoms with E-state index in [9.17, 15) is 0 Å². The van der Waals surface area contributed by atoms with Crippen LogP contribution in [0, 0.1) is 0 Å². The normalized spacial score (nSPS) is 13.5. The van der Waals surface area contributed by atoms with Gasteiger partial charge in [0.05, 0.1) is 12.0 Å². The average Bonchev–Trinajstić information content (AvgIpc) is 3.37. The Labute approximate surface area is 179 Å². The monoisotopic (exact) mass is 420 g/mol. The summed E-state index contributed by atoms with van der Waals surface area (Å²) in [5, 5.41) is 10.3. The van der Waals surface area contributed by atoms with Gasteiger partial charge in [0.2, 0.25) is 0 Å². The van der Waals surface area contributed by atoms with E-state index >= 15 is 0 Å². The van der Waals surface area contributed by atoms with Crippen LogP contribution in [0.3, 0.4) is 0 Å². The molecule has 1 aliphatic rings. The summed E-state index contributed by atoms with van der Waals surface area (Å²) < 4.78 is 13.7. The highest BCUT2D eigenvalue weighted by atomic mass is 32.1. The van der Waals surface area contributed by atoms with E-state index in [-0.39, 0.29) is 0 Å². The second-order valence-corrected chi connectivity index (χ2v) is 8.55. The van der Waals surface area contributed by atoms with Gasteiger partial charge < -0.3 is 9.47 Å². The van der Waals surface area contributed by atoms with E-state index in [0.717, 1.165) is 41.1 Å². The molecule has 0 N–H and O–H groups in total. The lowest BCUT2D eigenvalue weighted by Gasteiger charge is -2.13. The summed E-state index contributed by atoms with van der Waals surface area (Å²) in [6.07, 6.45) is 9.22. The number of hydrogen-bond donors (Lipinski definition) is 0. The zero-order chi connectivity index (χ0) is 20.5. The first-order valence-electron chi connectivity index (χ1n) is 10.4. The lowest BCUT2D eigenvalue weighted by molar-refractivity contribution is 0.284. The quantitative estimate of drug-likeness (QED) is 0.383. The van der Waals surface area contributed by atoms with Gasteiger partial charge in [0.15, 0.2) is 23.0 Å². The molecule has 0 amide bonds. The van der Waals surface area contributed by atoms with Crippen LogP contribution in [0.2, 0.25) is 0 Å². The molecule has 0 aliphatic heterocycles. The van der Waals surface area contributed by atoms with Crippen LogP contribution in [0.15, 0.2) is 37.2 Å². The molecule has 7 heteroatoms. The lowest BCUT2D eigenvalue weighted by atomic mass is 9.97. The average molecular weight is 421 g/mol. The van der Waals surface area contributed by atoms with E-state index in [1.165, 1.54) is 28.7 Å². The molecule has 5 rings (SSSR count). The summed E-state index contributed by atoms with van der Waals surface area (Å²) in [7, 11) is 0. The second-order valence-electron chi connectivity index (χ2n) is 7.46. The van der Waals surface area contributed by atoms with Crippen molar-refractivity contribution < 1.29 is 9.47 Å². The summed E-state index contributed by atoms with van der Waals surface area (Å²) in [5.74, 6) is 2.16. The van der Waals surface area contributed by atoms with Gasteiger partial charge >= 0.3 is 0 Å². The predicted molar refractivity (Wildman–Crippen MR) is 120 cm³/mol. The van der Waals surface area contributed by atoms with Crippen LogP contribution < -0.4 is 9.47 Å². The number of aromatic nitrogens is 4. The third kappa shape index (κ3) is 3.23. The van der Waals surface area contributed by atoms with Crippen molar-refractivity contribution >= 4 is 27.2 Å². The second kappa shape index (κ2) is 8.07. The van der Waals surface area contributed by atoms with E-state index in [1.807, 2.05) is 28.9 Å². The third-order valence-corrected chi connectivity index (χ3v) is 6.58. The highest BCUT2D eigenvalue weighted by Crippen LogP contribution is 2.38. The molecule has 1 aromatic carbocycles. The van der Waals surface area contributed by atoms with Crippen molar-refractivity contribution in [3.8, 4) is 22.9 Å². The number of thiophene rings is 1. The number of aryl methyl sites for hydroxylation is 2. The fraction of sp³-hybridized carbons (Fsp3) is 0.348. The Morgan fingerprint density at radius 3 is 2.93 bits per heavy atom. The van der Waals surface area contributed by atoms with Crippen LogP contribution in [-0.4, -0.2) is 32.8 Å². The maximum Gasteiger partial charge on any atom is 0.172 e. The van der Waals surface area contributed by atoms with Gasteiger partial charge in [0.1, 0.15) is 17.8 Å². The Bertz CT molecular complexity index is 1230. The fourth-order valence-electron chi connectivity index (χ4n) is 3.99. The standard InChI is InChI=1S/C23H24N4O2S/c1-3-11-28-17-10-9-15(13-18(17)29-12-4-2)21-25-26-22-20-16-7-5-6-8-19(16)30-23(20)24-14-27(21)22/h3,9-10,13-14H,1,4-8,11-12H2,2H3. The largest absolute Gasteiger partial charge is 0.490 e. The first kappa shape index (κ1) is 19.1. The number of rotatable bonds is 7. The molecular weight excluding hydrogens is 396 g/mol. The Hall–Kier alpha value is -2.93. The van der Waals surface area contributed by atoms with Crippen molar-refractivity contribution in [3.05, 3.63) is 47.6 Å². The van der Waals surface area contributed by atoms with Crippen molar-refractivity contribution in [2.75, 3.05) is 13.2 Å². The van der Waals surface area contributed by atoms with Crippen LogP contribution in [0.25, 0.3) is 27.3 Å². The first-order valence-corrected chi connectivity index (χ1v) is 11.3. The summed E-state index contributed by atoms with van der Waals surface area (Å²) in [6, 6.07) is 5.88. The smallest absolute Gasteiger partial charge is 0.172 e. The van der Waals surface area contributed by atoms with Crippen LogP contribution in [-0.2, 0) is 12.8 Å². The predicted octanol–water partition coefficient (Wildman–Crippen LogP) is 5.24. The van der Waals surface area contributed by atoms with Crippen LogP contribution in [0.1, 0.15) is 36.6 Å². The highest BCUT2D eigenvalue weighted by molar-refractivity contribution is 7.19. The van der Waals surface area contributed by atoms with Crippen molar-refractivity contribution in [1.82, 2.24) is 19.6 Å². The molecule has 154 valence electrons. The van der Waals surface area contributed by atoms with Gasteiger partial charge in [-0.3, -0.25) is 4.40 Å². The van der Waals surface area contributed by atoms with Crippen LogP contribution in [0.4, 0.5) is 0 Å². The van der Waals surface area contributed by atoms with Crippen LogP contribution >= 0.6 is 11.3 Å². The van der Waals surface area contributed by atoms with Gasteiger partial charge in [-0.1, -0.05) is 19.6 Å². The molecule has 0 saturated carbocycles. The molecule has 0 saturated heterocycles. The van der Waals surface area contributed by atoms with Gasteiger partial charge in [-0.2, -0.15) is 0 Å². The number of benzene rings is 1. The Balaban J connectivity index is 1.61. The van der Waals surface area contributed by atoms with E-state index in [0.29, 0.717) is 24.7 Å². The molecule has 0 fully saturated rings. The summed E-state index contributed by atoms with van der Waals surface area (Å²) >= 11 is 1.80. The summed E-state index contributed by atoms with van der Waals surface area (Å²) in [5.41, 5.74) is 3.22. The summed E-state index contributed by atoms with van der Waals surface area (Å²) in [4.78, 5) is 7.26. The lowest BCUT2D eigenvalue weighted by Crippen LogP contribution is -2.01. The summed E-state index contributed by atoms with van der Waals surface area (Å²) in [6.45, 7) is 6.85. The van der Waals surface area contributed by atoms with E-state index in [4.69, 9.17) is 14.5 Å². The Morgan fingerprint density at radius 1 is 1.17 bits per heavy atom.